The standard InChI is InChI=1S/C9H9N3O5/c1-16-8(13)5-3-10-6(4-11-15)12-7(5)9(14)17-2/h3-4,15H,1-2H3/b11-4+. The van der Waals surface area contributed by atoms with E-state index in [1.165, 1.54) is 0 Å². The molecule has 17 heavy (non-hydrogen) atoms. The van der Waals surface area contributed by atoms with Gasteiger partial charge in [0, 0.05) is 6.20 Å². The highest BCUT2D eigenvalue weighted by molar-refractivity contribution is 6.01. The summed E-state index contributed by atoms with van der Waals surface area (Å²) in [7, 11) is 2.30. The van der Waals surface area contributed by atoms with Crippen molar-refractivity contribution in [2.24, 2.45) is 5.16 Å². The lowest BCUT2D eigenvalue weighted by Gasteiger charge is -2.04. The van der Waals surface area contributed by atoms with Gasteiger partial charge < -0.3 is 14.7 Å². The Kier molecular flexibility index (Phi) is 4.09. The van der Waals surface area contributed by atoms with E-state index in [4.69, 9.17) is 5.21 Å². The maximum atomic E-state index is 11.4. The first kappa shape index (κ1) is 12.6. The van der Waals surface area contributed by atoms with Crippen molar-refractivity contribution in [3.8, 4) is 0 Å². The Labute approximate surface area is 95.9 Å². The molecule has 1 heterocycles. The highest BCUT2D eigenvalue weighted by Gasteiger charge is 2.21. The van der Waals surface area contributed by atoms with Crippen molar-refractivity contribution in [2.75, 3.05) is 14.2 Å². The molecule has 0 aromatic carbocycles. The summed E-state index contributed by atoms with van der Waals surface area (Å²) in [5, 5.41) is 11.0. The van der Waals surface area contributed by atoms with Crippen LogP contribution in [0, 0.1) is 0 Å². The number of carbonyl (C=O) groups is 2. The molecule has 8 nitrogen and oxygen atoms in total. The van der Waals surface area contributed by atoms with Crippen molar-refractivity contribution < 1.29 is 24.3 Å². The first-order valence-corrected chi connectivity index (χ1v) is 4.35. The Morgan fingerprint density at radius 3 is 2.53 bits per heavy atom. The van der Waals surface area contributed by atoms with E-state index < -0.39 is 11.9 Å². The van der Waals surface area contributed by atoms with Gasteiger partial charge in [-0.1, -0.05) is 5.16 Å². The van der Waals surface area contributed by atoms with Gasteiger partial charge in [-0.05, 0) is 0 Å². The van der Waals surface area contributed by atoms with Crippen LogP contribution in [0.1, 0.15) is 26.7 Å². The average molecular weight is 239 g/mol. The van der Waals surface area contributed by atoms with E-state index >= 15 is 0 Å². The molecule has 1 rings (SSSR count). The lowest BCUT2D eigenvalue weighted by molar-refractivity contribution is 0.0549. The maximum absolute atomic E-state index is 11.4. The van der Waals surface area contributed by atoms with Crippen LogP contribution in [0.4, 0.5) is 0 Å². The van der Waals surface area contributed by atoms with Crippen molar-refractivity contribution >= 4 is 18.2 Å². The van der Waals surface area contributed by atoms with E-state index in [0.29, 0.717) is 0 Å². The molecule has 0 spiro atoms. The molecule has 0 aliphatic carbocycles. The number of nitrogens with zero attached hydrogens (tertiary/aromatic N) is 3. The van der Waals surface area contributed by atoms with Crippen LogP contribution in [-0.4, -0.2) is 47.5 Å². The molecule has 0 aliphatic heterocycles. The Morgan fingerprint density at radius 1 is 1.35 bits per heavy atom. The Balaban J connectivity index is 3.31. The fourth-order valence-corrected chi connectivity index (χ4v) is 1.02. The quantitative estimate of drug-likeness (QED) is 0.338. The molecule has 1 aromatic heterocycles. The minimum atomic E-state index is -0.819. The summed E-state index contributed by atoms with van der Waals surface area (Å²) in [5.74, 6) is -1.63. The summed E-state index contributed by atoms with van der Waals surface area (Å²) in [6, 6.07) is 0. The van der Waals surface area contributed by atoms with E-state index in [2.05, 4.69) is 24.6 Å². The van der Waals surface area contributed by atoms with Gasteiger partial charge in [0.15, 0.2) is 11.5 Å². The van der Waals surface area contributed by atoms with Crippen LogP contribution in [-0.2, 0) is 9.47 Å². The number of ether oxygens (including phenoxy) is 2. The van der Waals surface area contributed by atoms with Gasteiger partial charge in [0.25, 0.3) is 0 Å². The Hall–Kier alpha value is -2.51. The fraction of sp³-hybridized carbons (Fsp3) is 0.222. The largest absolute Gasteiger partial charge is 0.465 e. The lowest BCUT2D eigenvalue weighted by Crippen LogP contribution is -2.16. The number of hydrogen-bond acceptors (Lipinski definition) is 8. The summed E-state index contributed by atoms with van der Waals surface area (Å²) in [5.41, 5.74) is -0.390. The molecular weight excluding hydrogens is 230 g/mol. The molecule has 0 fully saturated rings. The second-order valence-electron chi connectivity index (χ2n) is 2.72. The van der Waals surface area contributed by atoms with Crippen LogP contribution in [0.25, 0.3) is 0 Å². The van der Waals surface area contributed by atoms with E-state index in [1.54, 1.807) is 0 Å². The van der Waals surface area contributed by atoms with E-state index in [1.807, 2.05) is 0 Å². The molecule has 0 saturated heterocycles. The number of methoxy groups -OCH3 is 2. The van der Waals surface area contributed by atoms with Crippen molar-refractivity contribution in [1.82, 2.24) is 9.97 Å². The fourth-order valence-electron chi connectivity index (χ4n) is 1.02. The van der Waals surface area contributed by atoms with Gasteiger partial charge in [-0.15, -0.1) is 0 Å². The van der Waals surface area contributed by atoms with Crippen LogP contribution in [0.2, 0.25) is 0 Å². The number of carbonyl (C=O) groups excluding carboxylic acids is 2. The van der Waals surface area contributed by atoms with E-state index in [0.717, 1.165) is 26.6 Å². The average Bonchev–Trinajstić information content (AvgIpc) is 2.37. The molecule has 0 bridgehead atoms. The number of oxime groups is 1. The highest BCUT2D eigenvalue weighted by atomic mass is 16.5. The first-order valence-electron chi connectivity index (χ1n) is 4.35. The second kappa shape index (κ2) is 5.54. The minimum absolute atomic E-state index is 0.0412. The van der Waals surface area contributed by atoms with Gasteiger partial charge in [-0.3, -0.25) is 0 Å². The summed E-state index contributed by atoms with van der Waals surface area (Å²) < 4.78 is 8.92. The monoisotopic (exact) mass is 239 g/mol. The van der Waals surface area contributed by atoms with Gasteiger partial charge in [-0.2, -0.15) is 0 Å². The molecule has 0 atom stereocenters. The van der Waals surface area contributed by atoms with Crippen molar-refractivity contribution in [3.63, 3.8) is 0 Å². The molecular formula is C9H9N3O5. The first-order chi connectivity index (χ1) is 8.13. The van der Waals surface area contributed by atoms with Crippen LogP contribution in [0.3, 0.4) is 0 Å². The zero-order valence-electron chi connectivity index (χ0n) is 9.08. The molecule has 1 N–H and O–H groups in total. The number of rotatable bonds is 3. The molecule has 0 amide bonds. The van der Waals surface area contributed by atoms with Crippen molar-refractivity contribution in [3.05, 3.63) is 23.3 Å². The van der Waals surface area contributed by atoms with Gasteiger partial charge in [0.05, 0.1) is 14.2 Å². The smallest absolute Gasteiger partial charge is 0.357 e. The van der Waals surface area contributed by atoms with Gasteiger partial charge in [0.1, 0.15) is 11.8 Å². The van der Waals surface area contributed by atoms with Crippen LogP contribution >= 0.6 is 0 Å². The zero-order valence-corrected chi connectivity index (χ0v) is 9.08. The second-order valence-corrected chi connectivity index (χ2v) is 2.72. The van der Waals surface area contributed by atoms with Crippen LogP contribution < -0.4 is 0 Å². The predicted molar refractivity (Wildman–Crippen MR) is 54.1 cm³/mol. The molecule has 0 aliphatic rings. The van der Waals surface area contributed by atoms with Crippen molar-refractivity contribution in [1.29, 1.82) is 0 Å². The van der Waals surface area contributed by atoms with Gasteiger partial charge >= 0.3 is 11.9 Å². The van der Waals surface area contributed by atoms with Gasteiger partial charge in [0.2, 0.25) is 0 Å². The SMILES string of the molecule is COC(=O)c1cnc(/C=N/O)nc1C(=O)OC. The molecule has 0 unspecified atom stereocenters. The van der Waals surface area contributed by atoms with Gasteiger partial charge in [-0.25, -0.2) is 19.6 Å². The van der Waals surface area contributed by atoms with Crippen LogP contribution in [0.15, 0.2) is 11.4 Å². The summed E-state index contributed by atoms with van der Waals surface area (Å²) in [4.78, 5) is 30.1. The molecule has 0 saturated carbocycles. The number of aromatic nitrogens is 2. The highest BCUT2D eigenvalue weighted by Crippen LogP contribution is 2.08. The minimum Gasteiger partial charge on any atom is -0.465 e. The Bertz CT molecular complexity index is 472. The Morgan fingerprint density at radius 2 is 2.00 bits per heavy atom. The van der Waals surface area contributed by atoms with Crippen molar-refractivity contribution in [2.45, 2.75) is 0 Å². The third-order valence-corrected chi connectivity index (χ3v) is 1.76. The zero-order chi connectivity index (χ0) is 12.8. The van der Waals surface area contributed by atoms with E-state index in [-0.39, 0.29) is 17.1 Å². The van der Waals surface area contributed by atoms with Crippen LogP contribution in [0.5, 0.6) is 0 Å². The topological polar surface area (TPSA) is 111 Å². The summed E-state index contributed by atoms with van der Waals surface area (Å²) in [6.07, 6.45) is 2.00. The number of esters is 2. The molecule has 1 aromatic rings. The normalized spacial score (nSPS) is 10.2. The summed E-state index contributed by atoms with van der Waals surface area (Å²) in [6.45, 7) is 0. The third-order valence-electron chi connectivity index (χ3n) is 1.76. The lowest BCUT2D eigenvalue weighted by atomic mass is 10.2. The molecule has 8 heteroatoms. The molecule has 0 radical (unpaired) electrons. The predicted octanol–water partition coefficient (Wildman–Crippen LogP) is -0.142. The maximum Gasteiger partial charge on any atom is 0.357 e. The van der Waals surface area contributed by atoms with E-state index in [9.17, 15) is 9.59 Å². The molecule has 90 valence electrons. The third kappa shape index (κ3) is 2.74. The number of hydrogen-bond donors (Lipinski definition) is 1. The summed E-state index contributed by atoms with van der Waals surface area (Å²) >= 11 is 0.